The van der Waals surface area contributed by atoms with Crippen LogP contribution < -0.4 is 5.32 Å². The quantitative estimate of drug-likeness (QED) is 0.435. The maximum absolute atomic E-state index is 12.8. The summed E-state index contributed by atoms with van der Waals surface area (Å²) in [5.74, 6) is 1.41. The highest BCUT2D eigenvalue weighted by molar-refractivity contribution is 7.99. The van der Waals surface area contributed by atoms with Crippen molar-refractivity contribution < 1.29 is 9.21 Å². The molecule has 0 spiro atoms. The molecule has 1 N–H and O–H groups in total. The summed E-state index contributed by atoms with van der Waals surface area (Å²) < 4.78 is 7.37. The largest absolute Gasteiger partial charge is 0.461 e. The van der Waals surface area contributed by atoms with Crippen LogP contribution in [-0.2, 0) is 11.3 Å². The summed E-state index contributed by atoms with van der Waals surface area (Å²) in [7, 11) is 0. The van der Waals surface area contributed by atoms with Crippen molar-refractivity contribution in [2.75, 3.05) is 5.75 Å². The lowest BCUT2D eigenvalue weighted by molar-refractivity contribution is -0.119. The zero-order valence-electron chi connectivity index (χ0n) is 16.4. The minimum absolute atomic E-state index is 0.107. The predicted molar refractivity (Wildman–Crippen MR) is 115 cm³/mol. The second-order valence-corrected chi connectivity index (χ2v) is 7.42. The number of amides is 1. The maximum atomic E-state index is 12.8. The second-order valence-electron chi connectivity index (χ2n) is 6.48. The Bertz CT molecular complexity index is 1040. The molecule has 0 bridgehead atoms. The highest BCUT2D eigenvalue weighted by Gasteiger charge is 2.20. The van der Waals surface area contributed by atoms with E-state index in [9.17, 15) is 4.79 Å². The van der Waals surface area contributed by atoms with Crippen molar-refractivity contribution in [3.05, 3.63) is 84.4 Å². The Balaban J connectivity index is 1.47. The molecule has 1 unspecified atom stereocenters. The smallest absolute Gasteiger partial charge is 0.231 e. The molecule has 3 aromatic heterocycles. The van der Waals surface area contributed by atoms with Gasteiger partial charge in [-0.2, -0.15) is 0 Å². The Kier molecular flexibility index (Phi) is 6.24. The van der Waals surface area contributed by atoms with Crippen molar-refractivity contribution in [1.29, 1.82) is 0 Å². The van der Waals surface area contributed by atoms with E-state index in [1.807, 2.05) is 72.2 Å². The van der Waals surface area contributed by atoms with E-state index in [0.29, 0.717) is 23.3 Å². The number of nitrogens with zero attached hydrogens (tertiary/aromatic N) is 4. The molecule has 0 saturated carbocycles. The Labute approximate surface area is 178 Å². The number of pyridine rings is 1. The van der Waals surface area contributed by atoms with Crippen molar-refractivity contribution in [3.63, 3.8) is 0 Å². The van der Waals surface area contributed by atoms with Gasteiger partial charge >= 0.3 is 0 Å². The van der Waals surface area contributed by atoms with Gasteiger partial charge in [0.2, 0.25) is 5.91 Å². The summed E-state index contributed by atoms with van der Waals surface area (Å²) in [6.07, 6.45) is 3.33. The molecule has 7 nitrogen and oxygen atoms in total. The second kappa shape index (κ2) is 9.41. The number of thioether (sulfide) groups is 1. The van der Waals surface area contributed by atoms with Gasteiger partial charge in [-0.1, -0.05) is 48.2 Å². The van der Waals surface area contributed by atoms with Crippen molar-refractivity contribution >= 4 is 17.7 Å². The average Bonchev–Trinajstić information content (AvgIpc) is 3.46. The molecule has 0 radical (unpaired) electrons. The van der Waals surface area contributed by atoms with Crippen LogP contribution in [0.1, 0.15) is 24.2 Å². The van der Waals surface area contributed by atoms with Crippen LogP contribution in [0.4, 0.5) is 0 Å². The molecule has 1 atom stereocenters. The van der Waals surface area contributed by atoms with Crippen LogP contribution in [-0.4, -0.2) is 31.4 Å². The third kappa shape index (κ3) is 4.44. The van der Waals surface area contributed by atoms with E-state index in [4.69, 9.17) is 4.42 Å². The predicted octanol–water partition coefficient (Wildman–Crippen LogP) is 3.95. The number of furan rings is 1. The van der Waals surface area contributed by atoms with E-state index in [1.165, 1.54) is 11.8 Å². The first kappa shape index (κ1) is 19.9. The lowest BCUT2D eigenvalue weighted by Crippen LogP contribution is -2.31. The molecular weight excluding hydrogens is 398 g/mol. The van der Waals surface area contributed by atoms with Gasteiger partial charge in [-0.3, -0.25) is 14.3 Å². The third-order valence-corrected chi connectivity index (χ3v) is 5.50. The van der Waals surface area contributed by atoms with E-state index in [-0.39, 0.29) is 17.7 Å². The highest BCUT2D eigenvalue weighted by Crippen LogP contribution is 2.25. The molecule has 0 fully saturated rings. The van der Waals surface area contributed by atoms with Crippen LogP contribution in [0, 0.1) is 0 Å². The monoisotopic (exact) mass is 419 g/mol. The minimum Gasteiger partial charge on any atom is -0.461 e. The molecule has 152 valence electrons. The van der Waals surface area contributed by atoms with Crippen molar-refractivity contribution in [2.45, 2.75) is 24.7 Å². The van der Waals surface area contributed by atoms with E-state index in [0.717, 1.165) is 11.3 Å². The topological polar surface area (TPSA) is 85.8 Å². The van der Waals surface area contributed by atoms with Crippen LogP contribution in [0.2, 0.25) is 0 Å². The Morgan fingerprint density at radius 1 is 1.10 bits per heavy atom. The molecule has 0 aliphatic rings. The molecule has 0 aliphatic heterocycles. The first-order valence-electron chi connectivity index (χ1n) is 9.61. The van der Waals surface area contributed by atoms with Gasteiger partial charge in [0.1, 0.15) is 0 Å². The van der Waals surface area contributed by atoms with Gasteiger partial charge in [0, 0.05) is 12.7 Å². The Hall–Kier alpha value is -3.39. The van der Waals surface area contributed by atoms with Crippen LogP contribution in [0.3, 0.4) is 0 Å². The Morgan fingerprint density at radius 2 is 1.93 bits per heavy atom. The molecule has 0 aliphatic carbocycles. The molecule has 0 saturated heterocycles. The van der Waals surface area contributed by atoms with E-state index >= 15 is 0 Å². The fourth-order valence-corrected chi connectivity index (χ4v) is 3.94. The average molecular weight is 420 g/mol. The SMILES string of the molecule is CCn1c(SCC(=O)NC(c2ccccc2)c2ccccn2)nnc1-c1ccco1. The number of nitrogens with one attached hydrogen (secondary N) is 1. The number of rotatable bonds is 8. The van der Waals surface area contributed by atoms with Crippen LogP contribution in [0.5, 0.6) is 0 Å². The van der Waals surface area contributed by atoms with Gasteiger partial charge in [-0.05, 0) is 36.8 Å². The first-order valence-corrected chi connectivity index (χ1v) is 10.6. The number of carbonyl (C=O) groups is 1. The molecule has 8 heteroatoms. The fraction of sp³-hybridized carbons (Fsp3) is 0.182. The van der Waals surface area contributed by atoms with Gasteiger partial charge in [-0.25, -0.2) is 0 Å². The number of hydrogen-bond donors (Lipinski definition) is 1. The summed E-state index contributed by atoms with van der Waals surface area (Å²) in [6.45, 7) is 2.68. The van der Waals surface area contributed by atoms with Crippen LogP contribution in [0.15, 0.2) is 82.7 Å². The van der Waals surface area contributed by atoms with Crippen molar-refractivity contribution in [3.8, 4) is 11.6 Å². The molecule has 1 amide bonds. The zero-order valence-corrected chi connectivity index (χ0v) is 17.2. The summed E-state index contributed by atoms with van der Waals surface area (Å²) in [5, 5.41) is 12.2. The van der Waals surface area contributed by atoms with Crippen molar-refractivity contribution in [2.24, 2.45) is 0 Å². The molecule has 4 aromatic rings. The molecule has 30 heavy (non-hydrogen) atoms. The summed E-state index contributed by atoms with van der Waals surface area (Å²) in [4.78, 5) is 17.2. The molecule has 1 aromatic carbocycles. The van der Waals surface area contributed by atoms with E-state index in [2.05, 4.69) is 20.5 Å². The lowest BCUT2D eigenvalue weighted by Gasteiger charge is -2.18. The normalized spacial score (nSPS) is 11.9. The summed E-state index contributed by atoms with van der Waals surface area (Å²) >= 11 is 1.35. The van der Waals surface area contributed by atoms with Crippen molar-refractivity contribution in [1.82, 2.24) is 25.1 Å². The number of benzene rings is 1. The molecule has 3 heterocycles. The maximum Gasteiger partial charge on any atom is 0.231 e. The number of aromatic nitrogens is 4. The van der Waals surface area contributed by atoms with Gasteiger partial charge in [0.25, 0.3) is 0 Å². The lowest BCUT2D eigenvalue weighted by atomic mass is 10.0. The van der Waals surface area contributed by atoms with Gasteiger partial charge < -0.3 is 9.73 Å². The fourth-order valence-electron chi connectivity index (χ4n) is 3.12. The van der Waals surface area contributed by atoms with Gasteiger partial charge in [-0.15, -0.1) is 10.2 Å². The van der Waals surface area contributed by atoms with E-state index in [1.54, 1.807) is 12.5 Å². The first-order chi connectivity index (χ1) is 14.8. The number of carbonyl (C=O) groups excluding carboxylic acids is 1. The van der Waals surface area contributed by atoms with Crippen LogP contribution >= 0.6 is 11.8 Å². The molecule has 4 rings (SSSR count). The van der Waals surface area contributed by atoms with Crippen LogP contribution in [0.25, 0.3) is 11.6 Å². The van der Waals surface area contributed by atoms with E-state index < -0.39 is 0 Å². The highest BCUT2D eigenvalue weighted by atomic mass is 32.2. The third-order valence-electron chi connectivity index (χ3n) is 4.53. The van der Waals surface area contributed by atoms with Gasteiger partial charge in [0.05, 0.1) is 23.8 Å². The van der Waals surface area contributed by atoms with Gasteiger partial charge in [0.15, 0.2) is 16.7 Å². The number of hydrogen-bond acceptors (Lipinski definition) is 6. The zero-order chi connectivity index (χ0) is 20.8. The summed E-state index contributed by atoms with van der Waals surface area (Å²) in [6, 6.07) is 18.8. The summed E-state index contributed by atoms with van der Waals surface area (Å²) in [5.41, 5.74) is 1.77. The Morgan fingerprint density at radius 3 is 2.63 bits per heavy atom. The minimum atomic E-state index is -0.316. The molecular formula is C22H21N5O2S. The standard InChI is InChI=1S/C22H21N5O2S/c1-2-27-21(18-12-8-14-29-18)25-26-22(27)30-15-19(28)24-20(16-9-4-3-5-10-16)17-11-6-7-13-23-17/h3-14,20H,2,15H2,1H3,(H,24,28).